The van der Waals surface area contributed by atoms with Crippen LogP contribution in [0.25, 0.3) is 0 Å². The molecule has 0 saturated heterocycles. The van der Waals surface area contributed by atoms with E-state index >= 15 is 0 Å². The molecule has 1 N–H and O–H groups in total. The van der Waals surface area contributed by atoms with Crippen molar-refractivity contribution in [1.29, 1.82) is 0 Å². The van der Waals surface area contributed by atoms with Crippen molar-refractivity contribution in [2.24, 2.45) is 4.99 Å². The van der Waals surface area contributed by atoms with Crippen molar-refractivity contribution in [3.8, 4) is 0 Å². The SMILES string of the molecule is O=C(CCSc1ccccc1F)NC1=NCCS1. The number of amides is 1. The maximum Gasteiger partial charge on any atom is 0.226 e. The number of aliphatic imine (C=N–C) groups is 1. The third-order valence-corrected chi connectivity index (χ3v) is 4.20. The van der Waals surface area contributed by atoms with E-state index in [9.17, 15) is 9.18 Å². The Morgan fingerprint density at radius 2 is 2.33 bits per heavy atom. The number of hydrogen-bond donors (Lipinski definition) is 1. The Kier molecular flexibility index (Phi) is 5.07. The number of carbonyl (C=O) groups is 1. The van der Waals surface area contributed by atoms with Crippen molar-refractivity contribution in [1.82, 2.24) is 5.32 Å². The number of nitrogens with zero attached hydrogens (tertiary/aromatic N) is 1. The second-order valence-electron chi connectivity index (χ2n) is 3.61. The molecule has 3 nitrogen and oxygen atoms in total. The van der Waals surface area contributed by atoms with Gasteiger partial charge < -0.3 is 5.32 Å². The van der Waals surface area contributed by atoms with Crippen LogP contribution in [0.5, 0.6) is 0 Å². The van der Waals surface area contributed by atoms with E-state index in [1.807, 2.05) is 0 Å². The zero-order valence-corrected chi connectivity index (χ0v) is 11.3. The summed E-state index contributed by atoms with van der Waals surface area (Å²) in [6.45, 7) is 0.768. The largest absolute Gasteiger partial charge is 0.305 e. The van der Waals surface area contributed by atoms with Crippen molar-refractivity contribution in [3.63, 3.8) is 0 Å². The van der Waals surface area contributed by atoms with Gasteiger partial charge in [0, 0.05) is 22.8 Å². The topological polar surface area (TPSA) is 41.5 Å². The molecular weight excluding hydrogens is 271 g/mol. The summed E-state index contributed by atoms with van der Waals surface area (Å²) in [5, 5.41) is 3.45. The van der Waals surface area contributed by atoms with E-state index in [-0.39, 0.29) is 11.7 Å². The van der Waals surface area contributed by atoms with Crippen LogP contribution in [0.3, 0.4) is 0 Å². The highest BCUT2D eigenvalue weighted by molar-refractivity contribution is 8.14. The minimum Gasteiger partial charge on any atom is -0.305 e. The van der Waals surface area contributed by atoms with Gasteiger partial charge in [0.15, 0.2) is 5.17 Å². The Balaban J connectivity index is 1.72. The number of rotatable bonds is 4. The molecule has 1 aromatic rings. The predicted molar refractivity (Wildman–Crippen MR) is 74.6 cm³/mol. The average Bonchev–Trinajstić information content (AvgIpc) is 2.84. The monoisotopic (exact) mass is 284 g/mol. The van der Waals surface area contributed by atoms with Gasteiger partial charge >= 0.3 is 0 Å². The Bertz CT molecular complexity index is 465. The fraction of sp³-hybridized carbons (Fsp3) is 0.333. The summed E-state index contributed by atoms with van der Waals surface area (Å²) in [5.74, 6) is 1.19. The average molecular weight is 284 g/mol. The maximum atomic E-state index is 13.3. The van der Waals surface area contributed by atoms with Crippen LogP contribution in [0.15, 0.2) is 34.2 Å². The third-order valence-electron chi connectivity index (χ3n) is 2.26. The molecule has 18 heavy (non-hydrogen) atoms. The van der Waals surface area contributed by atoms with Gasteiger partial charge in [0.25, 0.3) is 0 Å². The van der Waals surface area contributed by atoms with Crippen LogP contribution in [0.2, 0.25) is 0 Å². The van der Waals surface area contributed by atoms with Gasteiger partial charge in [-0.3, -0.25) is 9.79 Å². The lowest BCUT2D eigenvalue weighted by molar-refractivity contribution is -0.119. The zero-order valence-electron chi connectivity index (χ0n) is 9.69. The van der Waals surface area contributed by atoms with Crippen molar-refractivity contribution in [3.05, 3.63) is 30.1 Å². The molecule has 0 bridgehead atoms. The molecule has 0 fully saturated rings. The number of thioether (sulfide) groups is 2. The summed E-state index contributed by atoms with van der Waals surface area (Å²) in [6.07, 6.45) is 0.360. The Morgan fingerprint density at radius 3 is 3.06 bits per heavy atom. The van der Waals surface area contributed by atoms with Gasteiger partial charge in [0.05, 0.1) is 6.54 Å². The molecule has 0 atom stereocenters. The van der Waals surface area contributed by atoms with E-state index in [0.717, 1.165) is 12.3 Å². The molecule has 0 aromatic heterocycles. The molecule has 0 saturated carbocycles. The Morgan fingerprint density at radius 1 is 1.50 bits per heavy atom. The van der Waals surface area contributed by atoms with Crippen LogP contribution in [0.1, 0.15) is 6.42 Å². The minimum absolute atomic E-state index is 0.0630. The lowest BCUT2D eigenvalue weighted by Gasteiger charge is -2.04. The van der Waals surface area contributed by atoms with Gasteiger partial charge in [-0.05, 0) is 12.1 Å². The first-order valence-electron chi connectivity index (χ1n) is 5.60. The zero-order chi connectivity index (χ0) is 12.8. The standard InChI is InChI=1S/C12H13FN2OS2/c13-9-3-1-2-4-10(9)17-7-5-11(16)15-12-14-6-8-18-12/h1-4H,5-8H2,(H,14,15,16). The van der Waals surface area contributed by atoms with E-state index in [1.54, 1.807) is 30.0 Å². The summed E-state index contributed by atoms with van der Waals surface area (Å²) in [7, 11) is 0. The lowest BCUT2D eigenvalue weighted by atomic mass is 10.3. The molecule has 96 valence electrons. The van der Waals surface area contributed by atoms with Crippen LogP contribution in [0.4, 0.5) is 4.39 Å². The molecule has 1 amide bonds. The first kappa shape index (κ1) is 13.4. The maximum absolute atomic E-state index is 13.3. The minimum atomic E-state index is -0.237. The van der Waals surface area contributed by atoms with Crippen LogP contribution in [-0.4, -0.2) is 29.1 Å². The lowest BCUT2D eigenvalue weighted by Crippen LogP contribution is -2.27. The van der Waals surface area contributed by atoms with Crippen LogP contribution < -0.4 is 5.32 Å². The fourth-order valence-electron chi connectivity index (χ4n) is 1.41. The van der Waals surface area contributed by atoms with E-state index in [1.165, 1.54) is 17.8 Å². The summed E-state index contributed by atoms with van der Waals surface area (Å²) in [6, 6.07) is 6.58. The fourth-order valence-corrected chi connectivity index (χ4v) is 3.04. The summed E-state index contributed by atoms with van der Waals surface area (Å²) in [4.78, 5) is 16.3. The number of nitrogens with one attached hydrogen (secondary N) is 1. The van der Waals surface area contributed by atoms with Crippen LogP contribution in [-0.2, 0) is 4.79 Å². The highest BCUT2D eigenvalue weighted by Crippen LogP contribution is 2.21. The molecule has 1 aliphatic heterocycles. The van der Waals surface area contributed by atoms with Crippen molar-refractivity contribution in [2.45, 2.75) is 11.3 Å². The molecule has 2 rings (SSSR count). The highest BCUT2D eigenvalue weighted by Gasteiger charge is 2.11. The Hall–Kier alpha value is -1.01. The highest BCUT2D eigenvalue weighted by atomic mass is 32.2. The van der Waals surface area contributed by atoms with E-state index in [2.05, 4.69) is 10.3 Å². The summed E-state index contributed by atoms with van der Waals surface area (Å²) in [5.41, 5.74) is 0. The van der Waals surface area contributed by atoms with Gasteiger partial charge in [-0.1, -0.05) is 23.9 Å². The molecule has 1 heterocycles. The molecule has 1 aliphatic rings. The molecular formula is C12H13FN2OS2. The Labute approximate surface area is 114 Å². The first-order chi connectivity index (χ1) is 8.75. The molecule has 0 unspecified atom stereocenters. The van der Waals surface area contributed by atoms with Crippen LogP contribution >= 0.6 is 23.5 Å². The van der Waals surface area contributed by atoms with Crippen LogP contribution in [0, 0.1) is 5.82 Å². The van der Waals surface area contributed by atoms with Gasteiger partial charge in [-0.15, -0.1) is 11.8 Å². The number of halogens is 1. The predicted octanol–water partition coefficient (Wildman–Crippen LogP) is 2.53. The third kappa shape index (κ3) is 4.03. The van der Waals surface area contributed by atoms with E-state index in [0.29, 0.717) is 22.2 Å². The summed E-state index contributed by atoms with van der Waals surface area (Å²) < 4.78 is 13.3. The number of benzene rings is 1. The van der Waals surface area contributed by atoms with Gasteiger partial charge in [0.1, 0.15) is 5.82 Å². The summed E-state index contributed by atoms with van der Waals surface area (Å²) >= 11 is 2.91. The van der Waals surface area contributed by atoms with Crippen molar-refractivity contribution >= 4 is 34.6 Å². The molecule has 0 aliphatic carbocycles. The van der Waals surface area contributed by atoms with Gasteiger partial charge in [-0.2, -0.15) is 0 Å². The molecule has 1 aromatic carbocycles. The van der Waals surface area contributed by atoms with Gasteiger partial charge in [0.2, 0.25) is 5.91 Å². The molecule has 0 spiro atoms. The normalized spacial score (nSPS) is 14.4. The second kappa shape index (κ2) is 6.80. The van der Waals surface area contributed by atoms with E-state index in [4.69, 9.17) is 0 Å². The molecule has 0 radical (unpaired) electrons. The second-order valence-corrected chi connectivity index (χ2v) is 5.83. The molecule has 6 heteroatoms. The van der Waals surface area contributed by atoms with E-state index < -0.39 is 0 Å². The quantitative estimate of drug-likeness (QED) is 0.864. The number of amidine groups is 1. The smallest absolute Gasteiger partial charge is 0.226 e. The number of carbonyl (C=O) groups excluding carboxylic acids is 1. The number of hydrogen-bond acceptors (Lipinski definition) is 4. The van der Waals surface area contributed by atoms with Crippen molar-refractivity contribution < 1.29 is 9.18 Å². The first-order valence-corrected chi connectivity index (χ1v) is 7.57. The van der Waals surface area contributed by atoms with Crippen molar-refractivity contribution in [2.75, 3.05) is 18.1 Å². The van der Waals surface area contributed by atoms with Gasteiger partial charge in [-0.25, -0.2) is 4.39 Å².